The van der Waals surface area contributed by atoms with E-state index in [2.05, 4.69) is 13.8 Å². The molecule has 0 aromatic heterocycles. The van der Waals surface area contributed by atoms with E-state index in [-0.39, 0.29) is 5.97 Å². The Morgan fingerprint density at radius 3 is 2.68 bits per heavy atom. The maximum Gasteiger partial charge on any atom is 0.306 e. The second-order valence-electron chi connectivity index (χ2n) is 4.89. The molecule has 0 atom stereocenters. The maximum absolute atomic E-state index is 11.5. The van der Waals surface area contributed by atoms with Crippen LogP contribution in [0.25, 0.3) is 0 Å². The van der Waals surface area contributed by atoms with Gasteiger partial charge in [-0.1, -0.05) is 32.0 Å². The fraction of sp³-hybridized carbons (Fsp3) is 0.533. The van der Waals surface area contributed by atoms with E-state index >= 15 is 0 Å². The van der Waals surface area contributed by atoms with Gasteiger partial charge in [-0.15, -0.1) is 0 Å². The van der Waals surface area contributed by atoms with E-state index in [1.165, 1.54) is 0 Å². The first-order valence-electron chi connectivity index (χ1n) is 6.66. The Morgan fingerprint density at radius 1 is 1.26 bits per heavy atom. The molecule has 1 rings (SSSR count). The molecular weight excluding hydrogens is 242 g/mol. The minimum atomic E-state index is -0.212. The number of carbonyl (C=O) groups excluding carboxylic acids is 1. The molecule has 0 unspecified atom stereocenters. The summed E-state index contributed by atoms with van der Waals surface area (Å²) in [5, 5.41) is 0. The van der Waals surface area contributed by atoms with Crippen LogP contribution in [0.5, 0.6) is 0 Å². The van der Waals surface area contributed by atoms with Gasteiger partial charge in [0, 0.05) is 18.7 Å². The molecule has 0 aliphatic rings. The molecule has 0 bridgehead atoms. The highest BCUT2D eigenvalue weighted by Gasteiger charge is 2.05. The first-order chi connectivity index (χ1) is 9.09. The second-order valence-corrected chi connectivity index (χ2v) is 4.89. The van der Waals surface area contributed by atoms with Crippen molar-refractivity contribution in [3.8, 4) is 0 Å². The molecule has 1 aromatic rings. The van der Waals surface area contributed by atoms with Crippen molar-refractivity contribution in [2.45, 2.75) is 26.7 Å². The van der Waals surface area contributed by atoms with Gasteiger partial charge in [0.2, 0.25) is 0 Å². The Bertz CT molecular complexity index is 391. The third-order valence-electron chi connectivity index (χ3n) is 2.60. The summed E-state index contributed by atoms with van der Waals surface area (Å²) in [4.78, 5) is 11.5. The first kappa shape index (κ1) is 15.5. The SMILES string of the molecule is CC(C)COCCOC(=O)CCc1ccccc1N. The van der Waals surface area contributed by atoms with Gasteiger partial charge in [0.15, 0.2) is 0 Å². The number of nitrogen functional groups attached to an aromatic ring is 1. The summed E-state index contributed by atoms with van der Waals surface area (Å²) < 4.78 is 10.4. The van der Waals surface area contributed by atoms with Crippen LogP contribution in [-0.2, 0) is 20.7 Å². The number of ether oxygens (including phenoxy) is 2. The van der Waals surface area contributed by atoms with Gasteiger partial charge in [-0.05, 0) is 24.0 Å². The quantitative estimate of drug-likeness (QED) is 0.445. The largest absolute Gasteiger partial charge is 0.463 e. The van der Waals surface area contributed by atoms with Crippen LogP contribution in [0.2, 0.25) is 0 Å². The number of esters is 1. The predicted octanol–water partition coefficient (Wildman–Crippen LogP) is 2.42. The molecular formula is C15H23NO3. The number of hydrogen-bond donors (Lipinski definition) is 1. The first-order valence-corrected chi connectivity index (χ1v) is 6.66. The summed E-state index contributed by atoms with van der Waals surface area (Å²) in [7, 11) is 0. The normalized spacial score (nSPS) is 10.7. The highest BCUT2D eigenvalue weighted by atomic mass is 16.6. The van der Waals surface area contributed by atoms with Crippen LogP contribution in [0.1, 0.15) is 25.8 Å². The lowest BCUT2D eigenvalue weighted by Crippen LogP contribution is -2.13. The van der Waals surface area contributed by atoms with Crippen molar-refractivity contribution in [3.05, 3.63) is 29.8 Å². The molecule has 4 heteroatoms. The van der Waals surface area contributed by atoms with E-state index in [0.29, 0.717) is 38.6 Å². The van der Waals surface area contributed by atoms with Crippen LogP contribution >= 0.6 is 0 Å². The summed E-state index contributed by atoms with van der Waals surface area (Å²) in [6.07, 6.45) is 0.955. The van der Waals surface area contributed by atoms with Crippen molar-refractivity contribution in [1.29, 1.82) is 0 Å². The van der Waals surface area contributed by atoms with Crippen LogP contribution in [0.4, 0.5) is 5.69 Å². The molecule has 0 saturated heterocycles. The van der Waals surface area contributed by atoms with E-state index in [1.54, 1.807) is 0 Å². The number of anilines is 1. The summed E-state index contributed by atoms with van der Waals surface area (Å²) in [6, 6.07) is 7.55. The molecule has 106 valence electrons. The lowest BCUT2D eigenvalue weighted by Gasteiger charge is -2.08. The Morgan fingerprint density at radius 2 is 2.00 bits per heavy atom. The molecule has 2 N–H and O–H groups in total. The zero-order valence-electron chi connectivity index (χ0n) is 11.7. The lowest BCUT2D eigenvalue weighted by molar-refractivity contribution is -0.145. The minimum Gasteiger partial charge on any atom is -0.463 e. The third-order valence-corrected chi connectivity index (χ3v) is 2.60. The van der Waals surface area contributed by atoms with Gasteiger partial charge in [-0.3, -0.25) is 4.79 Å². The van der Waals surface area contributed by atoms with Gasteiger partial charge < -0.3 is 15.2 Å². The topological polar surface area (TPSA) is 61.5 Å². The van der Waals surface area contributed by atoms with Gasteiger partial charge in [0.05, 0.1) is 6.61 Å². The van der Waals surface area contributed by atoms with Crippen molar-refractivity contribution in [3.63, 3.8) is 0 Å². The Hall–Kier alpha value is -1.55. The standard InChI is InChI=1S/C15H23NO3/c1-12(2)11-18-9-10-19-15(17)8-7-13-5-3-4-6-14(13)16/h3-6,12H,7-11,16H2,1-2H3. The van der Waals surface area contributed by atoms with Crippen LogP contribution in [-0.4, -0.2) is 25.8 Å². The second kappa shape index (κ2) is 8.53. The molecule has 0 aliphatic heterocycles. The Labute approximate surface area is 114 Å². The van der Waals surface area contributed by atoms with Gasteiger partial charge in [-0.2, -0.15) is 0 Å². The summed E-state index contributed by atoms with van der Waals surface area (Å²) in [6.45, 7) is 5.62. The molecule has 0 fully saturated rings. The molecule has 4 nitrogen and oxygen atoms in total. The van der Waals surface area contributed by atoms with Crippen molar-refractivity contribution in [1.82, 2.24) is 0 Å². The van der Waals surface area contributed by atoms with Crippen LogP contribution in [0.15, 0.2) is 24.3 Å². The van der Waals surface area contributed by atoms with E-state index in [1.807, 2.05) is 24.3 Å². The van der Waals surface area contributed by atoms with E-state index in [4.69, 9.17) is 15.2 Å². The maximum atomic E-state index is 11.5. The molecule has 0 heterocycles. The van der Waals surface area contributed by atoms with Gasteiger partial charge >= 0.3 is 5.97 Å². The predicted molar refractivity (Wildman–Crippen MR) is 75.8 cm³/mol. The summed E-state index contributed by atoms with van der Waals surface area (Å²) in [5.41, 5.74) is 7.50. The van der Waals surface area contributed by atoms with E-state index in [0.717, 1.165) is 11.3 Å². The summed E-state index contributed by atoms with van der Waals surface area (Å²) in [5.74, 6) is 0.285. The molecule has 19 heavy (non-hydrogen) atoms. The number of benzene rings is 1. The van der Waals surface area contributed by atoms with Crippen LogP contribution < -0.4 is 5.73 Å². The minimum absolute atomic E-state index is 0.212. The molecule has 0 amide bonds. The number of hydrogen-bond acceptors (Lipinski definition) is 4. The number of carbonyl (C=O) groups is 1. The zero-order chi connectivity index (χ0) is 14.1. The van der Waals surface area contributed by atoms with Crippen molar-refractivity contribution in [2.75, 3.05) is 25.6 Å². The Balaban J connectivity index is 2.13. The molecule has 1 aromatic carbocycles. The van der Waals surface area contributed by atoms with Gasteiger partial charge in [0.1, 0.15) is 6.61 Å². The van der Waals surface area contributed by atoms with E-state index < -0.39 is 0 Å². The van der Waals surface area contributed by atoms with Gasteiger partial charge in [0.25, 0.3) is 0 Å². The number of aryl methyl sites for hydroxylation is 1. The molecule has 0 aliphatic carbocycles. The average molecular weight is 265 g/mol. The van der Waals surface area contributed by atoms with Crippen molar-refractivity contribution >= 4 is 11.7 Å². The summed E-state index contributed by atoms with van der Waals surface area (Å²) >= 11 is 0. The zero-order valence-corrected chi connectivity index (χ0v) is 11.7. The lowest BCUT2D eigenvalue weighted by atomic mass is 10.1. The van der Waals surface area contributed by atoms with Crippen molar-refractivity contribution < 1.29 is 14.3 Å². The number of nitrogens with two attached hydrogens (primary N) is 1. The number of para-hydroxylation sites is 1. The Kier molecular flexibility index (Phi) is 6.97. The highest BCUT2D eigenvalue weighted by Crippen LogP contribution is 2.12. The fourth-order valence-electron chi connectivity index (χ4n) is 1.60. The monoisotopic (exact) mass is 265 g/mol. The van der Waals surface area contributed by atoms with Crippen LogP contribution in [0.3, 0.4) is 0 Å². The molecule has 0 saturated carbocycles. The highest BCUT2D eigenvalue weighted by molar-refractivity contribution is 5.70. The van der Waals surface area contributed by atoms with E-state index in [9.17, 15) is 4.79 Å². The average Bonchev–Trinajstić information content (AvgIpc) is 2.37. The smallest absolute Gasteiger partial charge is 0.306 e. The third kappa shape index (κ3) is 6.82. The number of rotatable bonds is 8. The van der Waals surface area contributed by atoms with Gasteiger partial charge in [-0.25, -0.2) is 0 Å². The van der Waals surface area contributed by atoms with Crippen LogP contribution in [0, 0.1) is 5.92 Å². The molecule has 0 radical (unpaired) electrons. The van der Waals surface area contributed by atoms with Crippen molar-refractivity contribution in [2.24, 2.45) is 5.92 Å². The molecule has 0 spiro atoms. The fourth-order valence-corrected chi connectivity index (χ4v) is 1.60.